The minimum atomic E-state index is -0.286. The molecule has 0 N–H and O–H groups in total. The highest BCUT2D eigenvalue weighted by molar-refractivity contribution is 5.76. The van der Waals surface area contributed by atoms with E-state index in [0.29, 0.717) is 12.8 Å². The van der Waals surface area contributed by atoms with Gasteiger partial charge >= 0.3 is 0 Å². The largest absolute Gasteiger partial charge is 0.303 e. The van der Waals surface area contributed by atoms with Crippen molar-refractivity contribution in [1.82, 2.24) is 0 Å². The normalized spacial score (nSPS) is 15.5. The van der Waals surface area contributed by atoms with Gasteiger partial charge in [-0.3, -0.25) is 0 Å². The first kappa shape index (κ1) is 10.3. The van der Waals surface area contributed by atoms with Crippen LogP contribution in [0.25, 0.3) is 0 Å². The zero-order chi connectivity index (χ0) is 8.91. The molecule has 0 saturated carbocycles. The summed E-state index contributed by atoms with van der Waals surface area (Å²) >= 11 is 0. The molecule has 0 fully saturated rings. The second-order valence-electron chi connectivity index (χ2n) is 3.33. The van der Waals surface area contributed by atoms with Crippen LogP contribution in [0.2, 0.25) is 0 Å². The van der Waals surface area contributed by atoms with E-state index in [1.165, 1.54) is 0 Å². The van der Waals surface area contributed by atoms with Gasteiger partial charge in [0.25, 0.3) is 0 Å². The fourth-order valence-corrected chi connectivity index (χ4v) is 0.781. The molecule has 64 valence electrons. The van der Waals surface area contributed by atoms with Crippen LogP contribution in [-0.4, -0.2) is 12.1 Å². The van der Waals surface area contributed by atoms with Crippen LogP contribution in [0.15, 0.2) is 0 Å². The maximum Gasteiger partial charge on any atom is 0.129 e. The molecule has 0 aromatic heterocycles. The third kappa shape index (κ3) is 3.91. The summed E-state index contributed by atoms with van der Waals surface area (Å²) < 4.78 is 0. The Morgan fingerprint density at radius 1 is 1.55 bits per heavy atom. The van der Waals surface area contributed by atoms with Gasteiger partial charge in [-0.25, -0.2) is 0 Å². The lowest BCUT2D eigenvalue weighted by atomic mass is 9.84. The van der Waals surface area contributed by atoms with E-state index in [1.807, 2.05) is 13.8 Å². The summed E-state index contributed by atoms with van der Waals surface area (Å²) in [6.07, 6.45) is 2.96. The summed E-state index contributed by atoms with van der Waals surface area (Å²) in [7, 11) is 0. The Bertz CT molecular complexity index is 152. The molecule has 2 heteroatoms. The van der Waals surface area contributed by atoms with Crippen LogP contribution in [0, 0.1) is 5.41 Å². The number of aldehydes is 1. The van der Waals surface area contributed by atoms with E-state index < -0.39 is 0 Å². The second-order valence-corrected chi connectivity index (χ2v) is 3.33. The summed E-state index contributed by atoms with van der Waals surface area (Å²) in [6.45, 7) is 5.42. The maximum absolute atomic E-state index is 10.6. The number of carbonyl (C=O) groups is 2. The Kier molecular flexibility index (Phi) is 4.01. The highest BCUT2D eigenvalue weighted by Crippen LogP contribution is 2.24. The van der Waals surface area contributed by atoms with Crippen LogP contribution in [0.3, 0.4) is 0 Å². The lowest BCUT2D eigenvalue weighted by molar-refractivity contribution is -0.119. The Morgan fingerprint density at radius 3 is 2.36 bits per heavy atom. The van der Waals surface area contributed by atoms with Crippen molar-refractivity contribution < 1.29 is 9.59 Å². The van der Waals surface area contributed by atoms with Crippen molar-refractivity contribution in [2.45, 2.75) is 40.0 Å². The Morgan fingerprint density at radius 2 is 2.09 bits per heavy atom. The van der Waals surface area contributed by atoms with Crippen molar-refractivity contribution in [3.05, 3.63) is 0 Å². The third-order valence-electron chi connectivity index (χ3n) is 2.14. The van der Waals surface area contributed by atoms with Crippen molar-refractivity contribution in [1.29, 1.82) is 0 Å². The van der Waals surface area contributed by atoms with E-state index in [4.69, 9.17) is 0 Å². The number of ketones is 1. The lowest BCUT2D eigenvalue weighted by Gasteiger charge is -2.19. The second kappa shape index (κ2) is 4.27. The van der Waals surface area contributed by atoms with Gasteiger partial charge in [-0.2, -0.15) is 0 Å². The average molecular weight is 156 g/mol. The van der Waals surface area contributed by atoms with Gasteiger partial charge in [-0.1, -0.05) is 13.8 Å². The first-order valence-corrected chi connectivity index (χ1v) is 4.00. The smallest absolute Gasteiger partial charge is 0.129 e. The fourth-order valence-electron chi connectivity index (χ4n) is 0.781. The fraction of sp³-hybridized carbons (Fsp3) is 0.778. The quantitative estimate of drug-likeness (QED) is 0.570. The monoisotopic (exact) mass is 156 g/mol. The number of hydrogen-bond donors (Lipinski definition) is 0. The molecule has 1 atom stereocenters. The van der Waals surface area contributed by atoms with Crippen LogP contribution >= 0.6 is 0 Å². The van der Waals surface area contributed by atoms with Crippen molar-refractivity contribution in [3.8, 4) is 0 Å². The number of carbonyl (C=O) groups excluding carboxylic acids is 2. The minimum absolute atomic E-state index is 0.159. The third-order valence-corrected chi connectivity index (χ3v) is 2.14. The average Bonchev–Trinajstić information content (AvgIpc) is 2.00. The summed E-state index contributed by atoms with van der Waals surface area (Å²) in [5, 5.41) is 0. The van der Waals surface area contributed by atoms with E-state index >= 15 is 0 Å². The van der Waals surface area contributed by atoms with E-state index in [1.54, 1.807) is 6.92 Å². The van der Waals surface area contributed by atoms with Crippen LogP contribution in [0.4, 0.5) is 0 Å². The highest BCUT2D eigenvalue weighted by atomic mass is 16.1. The van der Waals surface area contributed by atoms with Gasteiger partial charge in [0.15, 0.2) is 0 Å². The minimum Gasteiger partial charge on any atom is -0.303 e. The first-order chi connectivity index (χ1) is 5.04. The molecular weight excluding hydrogens is 140 g/mol. The van der Waals surface area contributed by atoms with Gasteiger partial charge < -0.3 is 9.59 Å². The molecule has 0 saturated heterocycles. The highest BCUT2D eigenvalue weighted by Gasteiger charge is 2.20. The molecule has 0 spiro atoms. The van der Waals surface area contributed by atoms with Gasteiger partial charge in [-0.15, -0.1) is 0 Å². The van der Waals surface area contributed by atoms with Crippen LogP contribution in [0.1, 0.15) is 40.0 Å². The van der Waals surface area contributed by atoms with Gasteiger partial charge in [-0.05, 0) is 19.8 Å². The van der Waals surface area contributed by atoms with Crippen molar-refractivity contribution in [2.24, 2.45) is 5.41 Å². The van der Waals surface area contributed by atoms with Crippen LogP contribution in [0.5, 0.6) is 0 Å². The van der Waals surface area contributed by atoms with Gasteiger partial charge in [0.05, 0.1) is 0 Å². The zero-order valence-electron chi connectivity index (χ0n) is 7.52. The van der Waals surface area contributed by atoms with Crippen molar-refractivity contribution in [3.63, 3.8) is 0 Å². The standard InChI is InChI=1S/C9H16O2/c1-4-9(3,7-10)6-5-8(2)11/h7H,4-6H2,1-3H3. The summed E-state index contributed by atoms with van der Waals surface area (Å²) in [6, 6.07) is 0. The molecule has 1 unspecified atom stereocenters. The molecule has 0 amide bonds. The number of Topliss-reactive ketones (excluding diaryl/α,β-unsaturated/α-hetero) is 1. The molecule has 0 aromatic carbocycles. The maximum atomic E-state index is 10.6. The molecule has 0 aliphatic carbocycles. The summed E-state index contributed by atoms with van der Waals surface area (Å²) in [5.41, 5.74) is -0.286. The van der Waals surface area contributed by atoms with E-state index in [9.17, 15) is 9.59 Å². The van der Waals surface area contributed by atoms with Crippen molar-refractivity contribution in [2.75, 3.05) is 0 Å². The topological polar surface area (TPSA) is 34.1 Å². The molecule has 2 nitrogen and oxygen atoms in total. The zero-order valence-corrected chi connectivity index (χ0v) is 7.52. The van der Waals surface area contributed by atoms with E-state index in [0.717, 1.165) is 12.7 Å². The van der Waals surface area contributed by atoms with Gasteiger partial charge in [0.1, 0.15) is 12.1 Å². The number of hydrogen-bond acceptors (Lipinski definition) is 2. The number of rotatable bonds is 5. The van der Waals surface area contributed by atoms with E-state index in [2.05, 4.69) is 0 Å². The van der Waals surface area contributed by atoms with Crippen LogP contribution in [-0.2, 0) is 9.59 Å². The Hall–Kier alpha value is -0.660. The van der Waals surface area contributed by atoms with E-state index in [-0.39, 0.29) is 11.2 Å². The molecule has 0 heterocycles. The predicted octanol–water partition coefficient (Wildman–Crippen LogP) is 1.97. The molecular formula is C9H16O2. The molecule has 11 heavy (non-hydrogen) atoms. The molecule has 0 radical (unpaired) electrons. The summed E-state index contributed by atoms with van der Waals surface area (Å²) in [4.78, 5) is 21.2. The predicted molar refractivity (Wildman–Crippen MR) is 44.4 cm³/mol. The molecule has 0 rings (SSSR count). The molecule has 0 aromatic rings. The Labute approximate surface area is 68.0 Å². The van der Waals surface area contributed by atoms with Gasteiger partial charge in [0, 0.05) is 11.8 Å². The SMILES string of the molecule is CCC(C)(C=O)CCC(C)=O. The summed E-state index contributed by atoms with van der Waals surface area (Å²) in [5.74, 6) is 0.159. The lowest BCUT2D eigenvalue weighted by Crippen LogP contribution is -2.17. The first-order valence-electron chi connectivity index (χ1n) is 4.00. The Balaban J connectivity index is 3.87. The molecule has 0 bridgehead atoms. The molecule has 0 aliphatic rings. The van der Waals surface area contributed by atoms with Crippen molar-refractivity contribution >= 4 is 12.1 Å². The van der Waals surface area contributed by atoms with Gasteiger partial charge in [0.2, 0.25) is 0 Å². The molecule has 0 aliphatic heterocycles. The van der Waals surface area contributed by atoms with Crippen LogP contribution < -0.4 is 0 Å².